The van der Waals surface area contributed by atoms with Crippen molar-refractivity contribution < 1.29 is 0 Å². The molecule has 3 nitrogen and oxygen atoms in total. The van der Waals surface area contributed by atoms with Crippen LogP contribution in [0.25, 0.3) is 23.6 Å². The maximum absolute atomic E-state index is 9.15. The number of H-pyrrole nitrogens is 1. The molecule has 2 aromatic rings. The standard InChI is InChI=1S/C16H17N3/c1-9(7-17)5-14-12(4)19-16-11(3)13(8-18)6-10(2)15(14)16/h5-7,19H,4,17H2,1-3H3/b9-7-,14-5+. The first-order chi connectivity index (χ1) is 8.99. The van der Waals surface area contributed by atoms with Gasteiger partial charge < -0.3 is 10.7 Å². The van der Waals surface area contributed by atoms with Gasteiger partial charge in [-0.05, 0) is 55.8 Å². The van der Waals surface area contributed by atoms with Gasteiger partial charge in [0, 0.05) is 16.0 Å². The molecule has 0 saturated carbocycles. The molecule has 3 heteroatoms. The summed E-state index contributed by atoms with van der Waals surface area (Å²) in [6, 6.07) is 4.15. The van der Waals surface area contributed by atoms with Crippen molar-refractivity contribution in [1.29, 1.82) is 5.26 Å². The molecular formula is C16H17N3. The molecule has 0 saturated heterocycles. The van der Waals surface area contributed by atoms with Crippen molar-refractivity contribution in [3.05, 3.63) is 45.1 Å². The summed E-state index contributed by atoms with van der Waals surface area (Å²) in [5, 5.41) is 12.1. The number of rotatable bonds is 1. The first-order valence-corrected chi connectivity index (χ1v) is 6.10. The topological polar surface area (TPSA) is 65.6 Å². The van der Waals surface area contributed by atoms with E-state index in [9.17, 15) is 0 Å². The van der Waals surface area contributed by atoms with Crippen LogP contribution in [0.2, 0.25) is 0 Å². The maximum atomic E-state index is 9.15. The summed E-state index contributed by atoms with van der Waals surface area (Å²) in [4.78, 5) is 3.28. The third-order valence-corrected chi connectivity index (χ3v) is 3.41. The summed E-state index contributed by atoms with van der Waals surface area (Å²) in [5.74, 6) is 0. The highest BCUT2D eigenvalue weighted by molar-refractivity contribution is 5.89. The van der Waals surface area contributed by atoms with Crippen molar-refractivity contribution >= 4 is 23.6 Å². The summed E-state index contributed by atoms with van der Waals surface area (Å²) >= 11 is 0. The van der Waals surface area contributed by atoms with E-state index in [1.165, 1.54) is 0 Å². The summed E-state index contributed by atoms with van der Waals surface area (Å²) in [6.45, 7) is 9.95. The van der Waals surface area contributed by atoms with Crippen LogP contribution in [0.5, 0.6) is 0 Å². The Balaban J connectivity index is 3.03. The van der Waals surface area contributed by atoms with Gasteiger partial charge >= 0.3 is 0 Å². The molecule has 2 rings (SSSR count). The molecule has 0 unspecified atom stereocenters. The minimum atomic E-state index is 0.698. The monoisotopic (exact) mass is 251 g/mol. The van der Waals surface area contributed by atoms with E-state index in [4.69, 9.17) is 11.0 Å². The number of hydrogen-bond acceptors (Lipinski definition) is 2. The van der Waals surface area contributed by atoms with Crippen LogP contribution >= 0.6 is 0 Å². The number of nitrogens with two attached hydrogens (primary N) is 1. The Bertz CT molecular complexity index is 830. The fourth-order valence-electron chi connectivity index (χ4n) is 2.34. The summed E-state index contributed by atoms with van der Waals surface area (Å²) in [7, 11) is 0. The number of aryl methyl sites for hydroxylation is 2. The van der Waals surface area contributed by atoms with Crippen molar-refractivity contribution in [3.8, 4) is 6.07 Å². The van der Waals surface area contributed by atoms with Crippen LogP contribution < -0.4 is 16.3 Å². The predicted octanol–water partition coefficient (Wildman–Crippen LogP) is 1.71. The minimum absolute atomic E-state index is 0.698. The number of hydrogen-bond donors (Lipinski definition) is 2. The number of aromatic nitrogens is 1. The molecule has 0 atom stereocenters. The fraction of sp³-hybridized carbons (Fsp3) is 0.188. The lowest BCUT2D eigenvalue weighted by Crippen LogP contribution is -2.21. The van der Waals surface area contributed by atoms with Crippen LogP contribution in [0.4, 0.5) is 0 Å². The maximum Gasteiger partial charge on any atom is 0.0995 e. The van der Waals surface area contributed by atoms with Gasteiger partial charge in [0.25, 0.3) is 0 Å². The molecule has 1 aromatic heterocycles. The smallest absolute Gasteiger partial charge is 0.0995 e. The molecule has 0 amide bonds. The minimum Gasteiger partial charge on any atom is -0.404 e. The zero-order valence-electron chi connectivity index (χ0n) is 11.5. The van der Waals surface area contributed by atoms with Gasteiger partial charge in [-0.15, -0.1) is 0 Å². The second kappa shape index (κ2) is 4.66. The van der Waals surface area contributed by atoms with Crippen LogP contribution in [0, 0.1) is 25.2 Å². The lowest BCUT2D eigenvalue weighted by atomic mass is 10.0. The summed E-state index contributed by atoms with van der Waals surface area (Å²) < 4.78 is 0. The molecule has 0 fully saturated rings. The molecule has 19 heavy (non-hydrogen) atoms. The van der Waals surface area contributed by atoms with E-state index in [0.29, 0.717) is 5.56 Å². The van der Waals surface area contributed by atoms with Crippen molar-refractivity contribution in [2.24, 2.45) is 5.73 Å². The Morgan fingerprint density at radius 3 is 2.74 bits per heavy atom. The van der Waals surface area contributed by atoms with Crippen LogP contribution in [0.1, 0.15) is 23.6 Å². The third kappa shape index (κ3) is 2.02. The van der Waals surface area contributed by atoms with Crippen LogP contribution in [-0.2, 0) is 0 Å². The van der Waals surface area contributed by atoms with E-state index >= 15 is 0 Å². The second-order valence-corrected chi connectivity index (χ2v) is 4.80. The van der Waals surface area contributed by atoms with E-state index in [-0.39, 0.29) is 0 Å². The molecule has 0 aliphatic carbocycles. The van der Waals surface area contributed by atoms with Gasteiger partial charge in [-0.3, -0.25) is 0 Å². The highest BCUT2D eigenvalue weighted by atomic mass is 14.7. The zero-order valence-corrected chi connectivity index (χ0v) is 11.5. The van der Waals surface area contributed by atoms with Crippen molar-refractivity contribution in [2.75, 3.05) is 0 Å². The van der Waals surface area contributed by atoms with E-state index in [0.717, 1.165) is 38.2 Å². The first-order valence-electron chi connectivity index (χ1n) is 6.10. The molecule has 1 heterocycles. The third-order valence-electron chi connectivity index (χ3n) is 3.41. The highest BCUT2D eigenvalue weighted by Gasteiger charge is 2.10. The van der Waals surface area contributed by atoms with Gasteiger partial charge in [-0.2, -0.15) is 5.26 Å². The quantitative estimate of drug-likeness (QED) is 0.810. The van der Waals surface area contributed by atoms with E-state index < -0.39 is 0 Å². The molecule has 3 N–H and O–H groups in total. The van der Waals surface area contributed by atoms with Crippen molar-refractivity contribution in [3.63, 3.8) is 0 Å². The molecule has 0 radical (unpaired) electrons. The van der Waals surface area contributed by atoms with Gasteiger partial charge in [-0.1, -0.05) is 6.58 Å². The number of aromatic amines is 1. The Labute approximate surface area is 112 Å². The molecule has 96 valence electrons. The highest BCUT2D eigenvalue weighted by Crippen LogP contribution is 2.20. The summed E-state index contributed by atoms with van der Waals surface area (Å²) in [5.41, 5.74) is 10.2. The number of nitriles is 1. The van der Waals surface area contributed by atoms with Gasteiger partial charge in [0.15, 0.2) is 0 Å². The van der Waals surface area contributed by atoms with E-state index in [1.807, 2.05) is 32.9 Å². The van der Waals surface area contributed by atoms with E-state index in [2.05, 4.69) is 17.6 Å². The van der Waals surface area contributed by atoms with Crippen LogP contribution in [-0.4, -0.2) is 4.98 Å². The average Bonchev–Trinajstić information content (AvgIpc) is 2.71. The molecule has 0 aliphatic heterocycles. The molecule has 0 bridgehead atoms. The Hall–Kier alpha value is -2.47. The van der Waals surface area contributed by atoms with Gasteiger partial charge in [0.2, 0.25) is 0 Å². The molecule has 0 aliphatic rings. The number of nitrogens with one attached hydrogen (secondary N) is 1. The largest absolute Gasteiger partial charge is 0.404 e. The summed E-state index contributed by atoms with van der Waals surface area (Å²) in [6.07, 6.45) is 3.59. The van der Waals surface area contributed by atoms with E-state index in [1.54, 1.807) is 6.20 Å². The van der Waals surface area contributed by atoms with Crippen LogP contribution in [0.3, 0.4) is 0 Å². The normalized spacial score (nSPS) is 12.9. The number of nitrogens with zero attached hydrogens (tertiary/aromatic N) is 1. The lowest BCUT2D eigenvalue weighted by Gasteiger charge is -2.03. The van der Waals surface area contributed by atoms with Gasteiger partial charge in [0.05, 0.1) is 17.1 Å². The zero-order chi connectivity index (χ0) is 14.2. The molecular weight excluding hydrogens is 234 g/mol. The first kappa shape index (κ1) is 13.0. The number of benzene rings is 1. The average molecular weight is 251 g/mol. The Morgan fingerprint density at radius 1 is 1.47 bits per heavy atom. The van der Waals surface area contributed by atoms with Crippen molar-refractivity contribution in [2.45, 2.75) is 20.8 Å². The Kier molecular flexibility index (Phi) is 3.18. The Morgan fingerprint density at radius 2 is 2.16 bits per heavy atom. The predicted molar refractivity (Wildman–Crippen MR) is 79.7 cm³/mol. The van der Waals surface area contributed by atoms with Gasteiger partial charge in [-0.25, -0.2) is 0 Å². The van der Waals surface area contributed by atoms with Gasteiger partial charge in [0.1, 0.15) is 0 Å². The SMILES string of the molecule is C=c1[nH]c2c(C)c(C#N)cc(C)c2/c1=C/C(C)=C\N. The molecule has 1 aromatic carbocycles. The van der Waals surface area contributed by atoms with Crippen molar-refractivity contribution in [1.82, 2.24) is 4.98 Å². The second-order valence-electron chi connectivity index (χ2n) is 4.80. The van der Waals surface area contributed by atoms with Crippen LogP contribution in [0.15, 0.2) is 17.8 Å². The number of allylic oxidation sites excluding steroid dienone is 1. The number of fused-ring (bicyclic) bond motifs is 1. The lowest BCUT2D eigenvalue weighted by molar-refractivity contribution is 1.33. The fourth-order valence-corrected chi connectivity index (χ4v) is 2.34. The molecule has 0 spiro atoms.